The molecule has 18 heavy (non-hydrogen) atoms. The van der Waals surface area contributed by atoms with E-state index >= 15 is 0 Å². The van der Waals surface area contributed by atoms with Gasteiger partial charge in [0.15, 0.2) is 11.6 Å². The summed E-state index contributed by atoms with van der Waals surface area (Å²) in [6, 6.07) is 5.51. The number of hydrogen-bond acceptors (Lipinski definition) is 5. The fourth-order valence-electron chi connectivity index (χ4n) is 1.72. The molecule has 1 aromatic carbocycles. The standard InChI is InChI=1S/C12H15N5O/c1-3-8-4-5-9(10(13)6-8)11(18)7-12-14-15-16-17(12)2/h4-6H,3,7,13H2,1-2H3. The number of nitrogen functional groups attached to an aromatic ring is 1. The maximum atomic E-state index is 12.1. The van der Waals surface area contributed by atoms with E-state index in [4.69, 9.17) is 5.73 Å². The molecule has 0 atom stereocenters. The van der Waals surface area contributed by atoms with Crippen LogP contribution >= 0.6 is 0 Å². The first-order chi connectivity index (χ1) is 8.61. The van der Waals surface area contributed by atoms with E-state index in [0.717, 1.165) is 12.0 Å². The van der Waals surface area contributed by atoms with Crippen LogP contribution in [0.2, 0.25) is 0 Å². The lowest BCUT2D eigenvalue weighted by molar-refractivity contribution is 0.0990. The quantitative estimate of drug-likeness (QED) is 0.635. The van der Waals surface area contributed by atoms with Gasteiger partial charge in [0, 0.05) is 18.3 Å². The molecule has 0 fully saturated rings. The zero-order valence-electron chi connectivity index (χ0n) is 10.4. The highest BCUT2D eigenvalue weighted by Crippen LogP contribution is 2.16. The SMILES string of the molecule is CCc1ccc(C(=O)Cc2nnnn2C)c(N)c1. The first-order valence-electron chi connectivity index (χ1n) is 5.74. The molecule has 6 heteroatoms. The minimum absolute atomic E-state index is 0.0759. The number of carbonyl (C=O) groups is 1. The monoisotopic (exact) mass is 245 g/mol. The number of carbonyl (C=O) groups excluding carboxylic acids is 1. The molecule has 2 N–H and O–H groups in total. The van der Waals surface area contributed by atoms with Crippen molar-refractivity contribution >= 4 is 11.5 Å². The van der Waals surface area contributed by atoms with Gasteiger partial charge in [0.1, 0.15) is 0 Å². The molecule has 6 nitrogen and oxygen atoms in total. The number of anilines is 1. The molecule has 0 aliphatic rings. The molecular formula is C12H15N5O. The molecule has 0 amide bonds. The van der Waals surface area contributed by atoms with Crippen molar-refractivity contribution in [3.05, 3.63) is 35.2 Å². The van der Waals surface area contributed by atoms with Crippen molar-refractivity contribution in [2.24, 2.45) is 7.05 Å². The van der Waals surface area contributed by atoms with Crippen LogP contribution in [0.25, 0.3) is 0 Å². The van der Waals surface area contributed by atoms with Crippen LogP contribution in [0.5, 0.6) is 0 Å². The van der Waals surface area contributed by atoms with Gasteiger partial charge in [-0.25, -0.2) is 4.68 Å². The van der Waals surface area contributed by atoms with Crippen LogP contribution in [0, 0.1) is 0 Å². The number of rotatable bonds is 4. The minimum atomic E-state index is -0.0759. The van der Waals surface area contributed by atoms with E-state index < -0.39 is 0 Å². The molecule has 0 saturated heterocycles. The maximum Gasteiger partial charge on any atom is 0.172 e. The molecule has 0 saturated carbocycles. The van der Waals surface area contributed by atoms with Crippen LogP contribution in [0.3, 0.4) is 0 Å². The molecule has 94 valence electrons. The van der Waals surface area contributed by atoms with E-state index in [1.54, 1.807) is 13.1 Å². The van der Waals surface area contributed by atoms with Crippen molar-refractivity contribution in [1.29, 1.82) is 0 Å². The molecule has 0 radical (unpaired) electrons. The molecule has 2 aromatic rings. The molecule has 1 aromatic heterocycles. The highest BCUT2D eigenvalue weighted by atomic mass is 16.1. The number of benzene rings is 1. The topological polar surface area (TPSA) is 86.7 Å². The van der Waals surface area contributed by atoms with Crippen molar-refractivity contribution < 1.29 is 4.79 Å². The molecule has 1 heterocycles. The Kier molecular flexibility index (Phi) is 3.36. The predicted octanol–water partition coefficient (Wildman–Crippen LogP) is 0.780. The number of nitrogens with zero attached hydrogens (tertiary/aromatic N) is 4. The summed E-state index contributed by atoms with van der Waals surface area (Å²) in [7, 11) is 1.70. The fourth-order valence-corrected chi connectivity index (χ4v) is 1.72. The summed E-state index contributed by atoms with van der Waals surface area (Å²) >= 11 is 0. The Morgan fingerprint density at radius 2 is 2.22 bits per heavy atom. The Labute approximate surface area is 105 Å². The van der Waals surface area contributed by atoms with E-state index in [2.05, 4.69) is 15.5 Å². The minimum Gasteiger partial charge on any atom is -0.398 e. The largest absolute Gasteiger partial charge is 0.398 e. The Bertz CT molecular complexity index is 576. The van der Waals surface area contributed by atoms with Gasteiger partial charge >= 0.3 is 0 Å². The number of aryl methyl sites for hydroxylation is 2. The van der Waals surface area contributed by atoms with Gasteiger partial charge in [-0.1, -0.05) is 13.0 Å². The number of aromatic nitrogens is 4. The normalized spacial score (nSPS) is 10.6. The van der Waals surface area contributed by atoms with Crippen LogP contribution in [-0.4, -0.2) is 26.0 Å². The number of tetrazole rings is 1. The smallest absolute Gasteiger partial charge is 0.172 e. The second-order valence-electron chi connectivity index (χ2n) is 4.09. The highest BCUT2D eigenvalue weighted by molar-refractivity contribution is 6.01. The van der Waals surface area contributed by atoms with Gasteiger partial charge in [-0.3, -0.25) is 4.79 Å². The van der Waals surface area contributed by atoms with Gasteiger partial charge in [-0.15, -0.1) is 5.10 Å². The number of nitrogens with two attached hydrogens (primary N) is 1. The zero-order chi connectivity index (χ0) is 13.1. The van der Waals surface area contributed by atoms with Crippen LogP contribution < -0.4 is 5.73 Å². The van der Waals surface area contributed by atoms with Gasteiger partial charge in [0.05, 0.1) is 6.42 Å². The molecule has 0 spiro atoms. The van der Waals surface area contributed by atoms with Crippen molar-refractivity contribution in [1.82, 2.24) is 20.2 Å². The van der Waals surface area contributed by atoms with E-state index in [1.807, 2.05) is 19.1 Å². The summed E-state index contributed by atoms with van der Waals surface area (Å²) in [5.74, 6) is 0.451. The molecule has 0 aliphatic carbocycles. The average Bonchev–Trinajstić information content (AvgIpc) is 2.74. The lowest BCUT2D eigenvalue weighted by atomic mass is 10.0. The van der Waals surface area contributed by atoms with Crippen LogP contribution in [-0.2, 0) is 19.9 Å². The van der Waals surface area contributed by atoms with Crippen molar-refractivity contribution in [2.75, 3.05) is 5.73 Å². The lowest BCUT2D eigenvalue weighted by Gasteiger charge is -2.06. The maximum absolute atomic E-state index is 12.1. The van der Waals surface area contributed by atoms with Crippen LogP contribution in [0.4, 0.5) is 5.69 Å². The average molecular weight is 245 g/mol. The van der Waals surface area contributed by atoms with Gasteiger partial charge in [0.2, 0.25) is 0 Å². The third-order valence-electron chi connectivity index (χ3n) is 2.85. The summed E-state index contributed by atoms with van der Waals surface area (Å²) in [5, 5.41) is 11.0. The van der Waals surface area contributed by atoms with E-state index in [1.165, 1.54) is 4.68 Å². The Balaban J connectivity index is 2.22. The van der Waals surface area contributed by atoms with Crippen LogP contribution in [0.15, 0.2) is 18.2 Å². The predicted molar refractivity (Wildman–Crippen MR) is 67.1 cm³/mol. The Morgan fingerprint density at radius 3 is 2.78 bits per heavy atom. The van der Waals surface area contributed by atoms with Crippen molar-refractivity contribution in [3.8, 4) is 0 Å². The fraction of sp³-hybridized carbons (Fsp3) is 0.333. The first-order valence-corrected chi connectivity index (χ1v) is 5.74. The van der Waals surface area contributed by atoms with E-state index in [-0.39, 0.29) is 12.2 Å². The second kappa shape index (κ2) is 4.95. The van der Waals surface area contributed by atoms with Crippen molar-refractivity contribution in [3.63, 3.8) is 0 Å². The number of Topliss-reactive ketones (excluding diaryl/α,β-unsaturated/α-hetero) is 1. The molecule has 2 rings (SSSR count). The third kappa shape index (κ3) is 2.37. The van der Waals surface area contributed by atoms with Gasteiger partial charge in [-0.05, 0) is 34.5 Å². The number of ketones is 1. The molecule has 0 bridgehead atoms. The summed E-state index contributed by atoms with van der Waals surface area (Å²) in [6.07, 6.45) is 1.05. The second-order valence-corrected chi connectivity index (χ2v) is 4.09. The Morgan fingerprint density at radius 1 is 1.44 bits per heavy atom. The van der Waals surface area contributed by atoms with E-state index in [0.29, 0.717) is 17.1 Å². The summed E-state index contributed by atoms with van der Waals surface area (Å²) in [5.41, 5.74) is 8.03. The Hall–Kier alpha value is -2.24. The highest BCUT2D eigenvalue weighted by Gasteiger charge is 2.14. The van der Waals surface area contributed by atoms with Crippen molar-refractivity contribution in [2.45, 2.75) is 19.8 Å². The first kappa shape index (κ1) is 12.2. The lowest BCUT2D eigenvalue weighted by Crippen LogP contribution is -2.11. The molecule has 0 aliphatic heterocycles. The number of hydrogen-bond donors (Lipinski definition) is 1. The van der Waals surface area contributed by atoms with E-state index in [9.17, 15) is 4.79 Å². The zero-order valence-corrected chi connectivity index (χ0v) is 10.4. The molecular weight excluding hydrogens is 230 g/mol. The van der Waals surface area contributed by atoms with Gasteiger partial charge < -0.3 is 5.73 Å². The summed E-state index contributed by atoms with van der Waals surface area (Å²) in [6.45, 7) is 2.04. The third-order valence-corrected chi connectivity index (χ3v) is 2.85. The van der Waals surface area contributed by atoms with Gasteiger partial charge in [0.25, 0.3) is 0 Å². The van der Waals surface area contributed by atoms with Gasteiger partial charge in [-0.2, -0.15) is 0 Å². The van der Waals surface area contributed by atoms with Crippen LogP contribution in [0.1, 0.15) is 28.7 Å². The summed E-state index contributed by atoms with van der Waals surface area (Å²) < 4.78 is 1.48. The molecule has 0 unspecified atom stereocenters. The summed E-state index contributed by atoms with van der Waals surface area (Å²) in [4.78, 5) is 12.1.